The Kier molecular flexibility index (Phi) is 4.95. The van der Waals surface area contributed by atoms with E-state index >= 15 is 0 Å². The second kappa shape index (κ2) is 7.30. The lowest BCUT2D eigenvalue weighted by Crippen LogP contribution is -2.44. The lowest BCUT2D eigenvalue weighted by atomic mass is 9.98. The fraction of sp³-hybridized carbons (Fsp3) is 0.562. The van der Waals surface area contributed by atoms with Crippen LogP contribution in [0.1, 0.15) is 37.9 Å². The van der Waals surface area contributed by atoms with E-state index in [4.69, 9.17) is 4.52 Å². The van der Waals surface area contributed by atoms with Crippen LogP contribution >= 0.6 is 0 Å². The Morgan fingerprint density at radius 1 is 1.43 bits per heavy atom. The van der Waals surface area contributed by atoms with Crippen molar-refractivity contribution in [2.24, 2.45) is 0 Å². The molecule has 0 unspecified atom stereocenters. The van der Waals surface area contributed by atoms with Gasteiger partial charge in [-0.1, -0.05) is 0 Å². The summed E-state index contributed by atoms with van der Waals surface area (Å²) in [5, 5.41) is 6.47. The van der Waals surface area contributed by atoms with E-state index in [2.05, 4.69) is 10.3 Å². The SMILES string of the molecule is O=C(CCc1cc(=O)[nH]o1)N1CCCC[C@@H]1CCn1cccn1. The maximum atomic E-state index is 12.5. The van der Waals surface area contributed by atoms with Crippen LogP contribution in [0, 0.1) is 0 Å². The number of aromatic amines is 1. The summed E-state index contributed by atoms with van der Waals surface area (Å²) >= 11 is 0. The number of H-pyrrole nitrogens is 1. The molecule has 1 N–H and O–H groups in total. The summed E-state index contributed by atoms with van der Waals surface area (Å²) in [7, 11) is 0. The van der Waals surface area contributed by atoms with E-state index in [0.29, 0.717) is 18.6 Å². The first kappa shape index (κ1) is 15.6. The van der Waals surface area contributed by atoms with E-state index < -0.39 is 0 Å². The maximum absolute atomic E-state index is 12.5. The second-order valence-corrected chi connectivity index (χ2v) is 5.97. The van der Waals surface area contributed by atoms with Crippen molar-refractivity contribution in [1.82, 2.24) is 19.8 Å². The largest absolute Gasteiger partial charge is 0.384 e. The molecular formula is C16H22N4O3. The van der Waals surface area contributed by atoms with Gasteiger partial charge in [-0.3, -0.25) is 14.3 Å². The monoisotopic (exact) mass is 318 g/mol. The van der Waals surface area contributed by atoms with Crippen LogP contribution in [0.3, 0.4) is 0 Å². The zero-order chi connectivity index (χ0) is 16.1. The molecule has 1 saturated heterocycles. The van der Waals surface area contributed by atoms with Crippen molar-refractivity contribution in [3.63, 3.8) is 0 Å². The van der Waals surface area contributed by atoms with Crippen LogP contribution in [0.4, 0.5) is 0 Å². The number of aromatic nitrogens is 3. The van der Waals surface area contributed by atoms with Crippen LogP contribution in [-0.4, -0.2) is 38.3 Å². The molecule has 0 radical (unpaired) electrons. The van der Waals surface area contributed by atoms with E-state index in [-0.39, 0.29) is 17.5 Å². The molecule has 2 aromatic rings. The van der Waals surface area contributed by atoms with E-state index in [1.54, 1.807) is 6.20 Å². The number of amides is 1. The van der Waals surface area contributed by atoms with Crippen LogP contribution < -0.4 is 5.56 Å². The third-order valence-electron chi connectivity index (χ3n) is 4.36. The van der Waals surface area contributed by atoms with Crippen LogP contribution in [0.25, 0.3) is 0 Å². The van der Waals surface area contributed by atoms with Crippen molar-refractivity contribution < 1.29 is 9.32 Å². The number of aryl methyl sites for hydroxylation is 2. The van der Waals surface area contributed by atoms with Crippen LogP contribution in [-0.2, 0) is 17.8 Å². The van der Waals surface area contributed by atoms with Crippen molar-refractivity contribution in [2.45, 2.75) is 51.1 Å². The van der Waals surface area contributed by atoms with Crippen molar-refractivity contribution in [3.05, 3.63) is 40.6 Å². The van der Waals surface area contributed by atoms with Crippen LogP contribution in [0.15, 0.2) is 33.8 Å². The average molecular weight is 318 g/mol. The topological polar surface area (TPSA) is 84.1 Å². The van der Waals surface area contributed by atoms with Crippen LogP contribution in [0.2, 0.25) is 0 Å². The summed E-state index contributed by atoms with van der Waals surface area (Å²) < 4.78 is 6.91. The Morgan fingerprint density at radius 2 is 2.35 bits per heavy atom. The lowest BCUT2D eigenvalue weighted by Gasteiger charge is -2.36. The molecule has 7 heteroatoms. The molecular weight excluding hydrogens is 296 g/mol. The highest BCUT2D eigenvalue weighted by atomic mass is 16.5. The van der Waals surface area contributed by atoms with Gasteiger partial charge in [-0.25, -0.2) is 0 Å². The normalized spacial score (nSPS) is 18.3. The number of hydrogen-bond donors (Lipinski definition) is 1. The van der Waals surface area contributed by atoms with Gasteiger partial charge < -0.3 is 9.42 Å². The molecule has 1 atom stereocenters. The van der Waals surface area contributed by atoms with Crippen molar-refractivity contribution >= 4 is 5.91 Å². The predicted molar refractivity (Wildman–Crippen MR) is 83.8 cm³/mol. The van der Waals surface area contributed by atoms with Gasteiger partial charge in [0, 0.05) is 50.4 Å². The summed E-state index contributed by atoms with van der Waals surface area (Å²) in [5.74, 6) is 0.674. The van der Waals surface area contributed by atoms with Gasteiger partial charge in [0.05, 0.1) is 0 Å². The van der Waals surface area contributed by atoms with Gasteiger partial charge in [0.2, 0.25) is 5.91 Å². The zero-order valence-electron chi connectivity index (χ0n) is 13.1. The molecule has 7 nitrogen and oxygen atoms in total. The summed E-state index contributed by atoms with van der Waals surface area (Å²) in [6.45, 7) is 1.65. The Labute approximate surface area is 134 Å². The number of carbonyl (C=O) groups is 1. The minimum atomic E-state index is -0.262. The molecule has 0 saturated carbocycles. The standard InChI is InChI=1S/C16H22N4O3/c21-15-12-14(23-18-15)5-6-16(22)20-10-2-1-4-13(20)7-11-19-9-3-8-17-19/h3,8-9,12-13H,1-2,4-7,10-11H2,(H,18,21)/t13-/m1/s1. The van der Waals surface area contributed by atoms with Gasteiger partial charge in [0.15, 0.2) is 0 Å². The molecule has 23 heavy (non-hydrogen) atoms. The smallest absolute Gasteiger partial charge is 0.280 e. The number of hydrogen-bond acceptors (Lipinski definition) is 4. The first-order chi connectivity index (χ1) is 11.2. The first-order valence-electron chi connectivity index (χ1n) is 8.16. The fourth-order valence-electron chi connectivity index (χ4n) is 3.16. The minimum absolute atomic E-state index is 0.138. The van der Waals surface area contributed by atoms with E-state index in [0.717, 1.165) is 32.4 Å². The highest BCUT2D eigenvalue weighted by molar-refractivity contribution is 5.76. The number of rotatable bonds is 6. The molecule has 3 rings (SSSR count). The molecule has 3 heterocycles. The highest BCUT2D eigenvalue weighted by Crippen LogP contribution is 2.21. The number of likely N-dealkylation sites (tertiary alicyclic amines) is 1. The molecule has 0 aliphatic carbocycles. The molecule has 1 amide bonds. The molecule has 2 aromatic heterocycles. The predicted octanol–water partition coefficient (Wildman–Crippen LogP) is 1.57. The Balaban J connectivity index is 1.54. The zero-order valence-corrected chi connectivity index (χ0v) is 13.1. The van der Waals surface area contributed by atoms with Gasteiger partial charge in [0.25, 0.3) is 5.56 Å². The highest BCUT2D eigenvalue weighted by Gasteiger charge is 2.26. The Hall–Kier alpha value is -2.31. The van der Waals surface area contributed by atoms with Gasteiger partial charge in [0.1, 0.15) is 5.76 Å². The third-order valence-corrected chi connectivity index (χ3v) is 4.36. The quantitative estimate of drug-likeness (QED) is 0.876. The Bertz CT molecular complexity index is 674. The summed E-state index contributed by atoms with van der Waals surface area (Å²) in [6, 6.07) is 3.59. The molecule has 124 valence electrons. The first-order valence-corrected chi connectivity index (χ1v) is 8.16. The van der Waals surface area contributed by atoms with E-state index in [1.165, 1.54) is 12.5 Å². The Morgan fingerprint density at radius 3 is 3.09 bits per heavy atom. The van der Waals surface area contributed by atoms with Crippen molar-refractivity contribution in [3.8, 4) is 0 Å². The molecule has 1 fully saturated rings. The van der Waals surface area contributed by atoms with Gasteiger partial charge in [-0.2, -0.15) is 10.3 Å². The number of carbonyl (C=O) groups excluding carboxylic acids is 1. The maximum Gasteiger partial charge on any atom is 0.280 e. The number of piperidine rings is 1. The number of nitrogens with zero attached hydrogens (tertiary/aromatic N) is 3. The summed E-state index contributed by atoms with van der Waals surface area (Å²) in [5.41, 5.74) is -0.262. The van der Waals surface area contributed by atoms with Gasteiger partial charge >= 0.3 is 0 Å². The number of nitrogens with one attached hydrogen (secondary N) is 1. The molecule has 0 aromatic carbocycles. The molecule has 0 bridgehead atoms. The van der Waals surface area contributed by atoms with Gasteiger partial charge in [-0.15, -0.1) is 0 Å². The van der Waals surface area contributed by atoms with E-state index in [9.17, 15) is 9.59 Å². The van der Waals surface area contributed by atoms with Crippen molar-refractivity contribution in [1.29, 1.82) is 0 Å². The minimum Gasteiger partial charge on any atom is -0.384 e. The summed E-state index contributed by atoms with van der Waals surface area (Å²) in [4.78, 5) is 25.6. The third kappa shape index (κ3) is 4.12. The molecule has 1 aliphatic heterocycles. The van der Waals surface area contributed by atoms with Crippen LogP contribution in [0.5, 0.6) is 0 Å². The fourth-order valence-corrected chi connectivity index (χ4v) is 3.16. The molecule has 1 aliphatic rings. The lowest BCUT2D eigenvalue weighted by molar-refractivity contribution is -0.135. The average Bonchev–Trinajstić information content (AvgIpc) is 3.22. The van der Waals surface area contributed by atoms with Gasteiger partial charge in [-0.05, 0) is 31.7 Å². The van der Waals surface area contributed by atoms with Crippen molar-refractivity contribution in [2.75, 3.05) is 6.54 Å². The summed E-state index contributed by atoms with van der Waals surface area (Å²) in [6.07, 6.45) is 8.75. The molecule has 0 spiro atoms. The second-order valence-electron chi connectivity index (χ2n) is 5.97. The van der Waals surface area contributed by atoms with E-state index in [1.807, 2.05) is 21.8 Å².